The molecule has 9 heteroatoms. The molecule has 1 heterocycles. The fourth-order valence-corrected chi connectivity index (χ4v) is 2.82. The molecule has 1 aromatic heterocycles. The number of likely N-dealkylation sites (N-methyl/N-ethyl adjacent to an activating group) is 2. The molecule has 0 aliphatic heterocycles. The summed E-state index contributed by atoms with van der Waals surface area (Å²) in [4.78, 5) is 27.3. The van der Waals surface area contributed by atoms with E-state index >= 15 is 0 Å². The van der Waals surface area contributed by atoms with Crippen LogP contribution in [0, 0.1) is 6.92 Å². The van der Waals surface area contributed by atoms with E-state index in [9.17, 15) is 22.8 Å². The van der Waals surface area contributed by atoms with Crippen LogP contribution < -0.4 is 0 Å². The maximum absolute atomic E-state index is 13.7. The van der Waals surface area contributed by atoms with Crippen molar-refractivity contribution in [2.75, 3.05) is 26.7 Å². The molecule has 0 N–H and O–H groups in total. The first-order valence-corrected chi connectivity index (χ1v) is 8.85. The van der Waals surface area contributed by atoms with Crippen LogP contribution in [0.4, 0.5) is 13.2 Å². The van der Waals surface area contributed by atoms with Crippen molar-refractivity contribution >= 4 is 11.8 Å². The average Bonchev–Trinajstić information content (AvgIpc) is 3.08. The van der Waals surface area contributed by atoms with Gasteiger partial charge in [0, 0.05) is 20.1 Å². The third kappa shape index (κ3) is 4.52. The summed E-state index contributed by atoms with van der Waals surface area (Å²) < 4.78 is 41.9. The summed E-state index contributed by atoms with van der Waals surface area (Å²) in [6, 6.07) is 6.32. The van der Waals surface area contributed by atoms with Crippen molar-refractivity contribution in [3.8, 4) is 5.69 Å². The Hall–Kier alpha value is -2.84. The van der Waals surface area contributed by atoms with Crippen LogP contribution in [0.1, 0.15) is 35.5 Å². The fraction of sp³-hybridized carbons (Fsp3) is 0.421. The number of carbonyl (C=O) groups excluding carboxylic acids is 2. The second-order valence-electron chi connectivity index (χ2n) is 6.38. The Bertz CT molecular complexity index is 840. The first-order valence-electron chi connectivity index (χ1n) is 8.85. The average molecular weight is 396 g/mol. The Morgan fingerprint density at radius 3 is 2.18 bits per heavy atom. The van der Waals surface area contributed by atoms with Crippen molar-refractivity contribution in [1.82, 2.24) is 19.6 Å². The van der Waals surface area contributed by atoms with Crippen LogP contribution in [0.15, 0.2) is 30.5 Å². The summed E-state index contributed by atoms with van der Waals surface area (Å²) in [6.07, 6.45) is -3.90. The second-order valence-corrected chi connectivity index (χ2v) is 6.38. The van der Waals surface area contributed by atoms with Gasteiger partial charge in [-0.3, -0.25) is 9.59 Å². The van der Waals surface area contributed by atoms with E-state index in [0.29, 0.717) is 17.8 Å². The molecule has 1 aromatic carbocycles. The number of hydrogen-bond donors (Lipinski definition) is 0. The van der Waals surface area contributed by atoms with E-state index in [2.05, 4.69) is 5.10 Å². The Morgan fingerprint density at radius 1 is 1.11 bits per heavy atom. The maximum Gasteiger partial charge on any atom is 0.434 e. The number of aromatic nitrogens is 2. The van der Waals surface area contributed by atoms with Crippen LogP contribution in [-0.4, -0.2) is 58.1 Å². The predicted molar refractivity (Wildman–Crippen MR) is 98.2 cm³/mol. The zero-order valence-electron chi connectivity index (χ0n) is 16.2. The van der Waals surface area contributed by atoms with Gasteiger partial charge in [0.05, 0.1) is 24.0 Å². The molecular formula is C19H23F3N4O2. The molecule has 0 fully saturated rings. The number of aryl methyl sites for hydroxylation is 1. The van der Waals surface area contributed by atoms with Crippen LogP contribution in [0.3, 0.4) is 0 Å². The zero-order chi connectivity index (χ0) is 21.1. The molecular weight excluding hydrogens is 373 g/mol. The highest BCUT2D eigenvalue weighted by Gasteiger charge is 2.41. The van der Waals surface area contributed by atoms with E-state index in [1.165, 1.54) is 24.1 Å². The van der Waals surface area contributed by atoms with Gasteiger partial charge in [-0.2, -0.15) is 18.3 Å². The number of nitrogens with zero attached hydrogens (tertiary/aromatic N) is 4. The first-order chi connectivity index (χ1) is 13.1. The van der Waals surface area contributed by atoms with Gasteiger partial charge in [-0.15, -0.1) is 0 Å². The molecule has 0 aliphatic rings. The van der Waals surface area contributed by atoms with E-state index < -0.39 is 23.3 Å². The second kappa shape index (κ2) is 8.45. The third-order valence-electron chi connectivity index (χ3n) is 4.38. The molecule has 0 unspecified atom stereocenters. The molecule has 0 spiro atoms. The molecule has 0 saturated heterocycles. The predicted octanol–water partition coefficient (Wildman–Crippen LogP) is 3.14. The number of amides is 2. The van der Waals surface area contributed by atoms with Crippen molar-refractivity contribution in [3.63, 3.8) is 0 Å². The van der Waals surface area contributed by atoms with E-state index in [-0.39, 0.29) is 18.1 Å². The van der Waals surface area contributed by atoms with Crippen LogP contribution >= 0.6 is 0 Å². The summed E-state index contributed by atoms with van der Waals surface area (Å²) in [6.45, 7) is 5.99. The minimum atomic E-state index is -4.80. The molecule has 2 amide bonds. The molecule has 0 aliphatic carbocycles. The van der Waals surface area contributed by atoms with E-state index in [1.807, 2.05) is 6.92 Å². The molecule has 2 rings (SSSR count). The highest BCUT2D eigenvalue weighted by molar-refractivity contribution is 5.97. The number of hydrogen-bond acceptors (Lipinski definition) is 3. The first kappa shape index (κ1) is 21.5. The summed E-state index contributed by atoms with van der Waals surface area (Å²) >= 11 is 0. The van der Waals surface area contributed by atoms with Gasteiger partial charge in [-0.1, -0.05) is 17.7 Å². The normalized spacial score (nSPS) is 11.4. The monoisotopic (exact) mass is 396 g/mol. The fourth-order valence-electron chi connectivity index (χ4n) is 2.82. The Balaban J connectivity index is 2.38. The molecule has 28 heavy (non-hydrogen) atoms. The lowest BCUT2D eigenvalue weighted by molar-refractivity contribution is -0.143. The lowest BCUT2D eigenvalue weighted by Gasteiger charge is -2.23. The van der Waals surface area contributed by atoms with E-state index in [4.69, 9.17) is 0 Å². The zero-order valence-corrected chi connectivity index (χ0v) is 16.2. The highest BCUT2D eigenvalue weighted by atomic mass is 19.4. The van der Waals surface area contributed by atoms with Crippen molar-refractivity contribution in [2.24, 2.45) is 0 Å². The van der Waals surface area contributed by atoms with Gasteiger partial charge in [0.2, 0.25) is 5.91 Å². The molecule has 0 bridgehead atoms. The van der Waals surface area contributed by atoms with Crippen LogP contribution in [-0.2, 0) is 11.0 Å². The van der Waals surface area contributed by atoms with Gasteiger partial charge in [0.25, 0.3) is 5.91 Å². The van der Waals surface area contributed by atoms with Crippen LogP contribution in [0.25, 0.3) is 5.69 Å². The molecule has 2 aromatic rings. The van der Waals surface area contributed by atoms with Gasteiger partial charge >= 0.3 is 6.18 Å². The van der Waals surface area contributed by atoms with E-state index in [0.717, 1.165) is 16.7 Å². The number of benzene rings is 1. The van der Waals surface area contributed by atoms with Gasteiger partial charge in [-0.05, 0) is 32.9 Å². The van der Waals surface area contributed by atoms with Gasteiger partial charge in [-0.25, -0.2) is 4.68 Å². The summed E-state index contributed by atoms with van der Waals surface area (Å²) in [5.41, 5.74) is -0.680. The largest absolute Gasteiger partial charge is 0.434 e. The Kier molecular flexibility index (Phi) is 6.48. The molecule has 0 saturated carbocycles. The highest BCUT2D eigenvalue weighted by Crippen LogP contribution is 2.34. The summed E-state index contributed by atoms with van der Waals surface area (Å²) in [5, 5.41) is 3.79. The number of carbonyl (C=O) groups is 2. The van der Waals surface area contributed by atoms with Crippen LogP contribution in [0.2, 0.25) is 0 Å². The number of alkyl halides is 3. The summed E-state index contributed by atoms with van der Waals surface area (Å²) in [5.74, 6) is -1.24. The number of halogens is 3. The Morgan fingerprint density at radius 2 is 1.68 bits per heavy atom. The Labute approximate surface area is 161 Å². The maximum atomic E-state index is 13.7. The molecule has 6 nitrogen and oxygen atoms in total. The topological polar surface area (TPSA) is 58.4 Å². The summed E-state index contributed by atoms with van der Waals surface area (Å²) in [7, 11) is 1.30. The molecule has 0 radical (unpaired) electrons. The lowest BCUT2D eigenvalue weighted by atomic mass is 10.2. The standard InChI is InChI=1S/C19H23F3N4O2/c1-5-25(6-2)16(27)12-24(4)18(28)15-11-23-26(17(15)19(20,21)22)14-9-7-13(3)8-10-14/h7-11H,5-6,12H2,1-4H3. The van der Waals surface area contributed by atoms with Crippen molar-refractivity contribution < 1.29 is 22.8 Å². The smallest absolute Gasteiger partial charge is 0.342 e. The lowest BCUT2D eigenvalue weighted by Crippen LogP contribution is -2.41. The van der Waals surface area contributed by atoms with Gasteiger partial charge in [0.1, 0.15) is 0 Å². The van der Waals surface area contributed by atoms with Crippen molar-refractivity contribution in [1.29, 1.82) is 0 Å². The van der Waals surface area contributed by atoms with Gasteiger partial charge in [0.15, 0.2) is 5.69 Å². The third-order valence-corrected chi connectivity index (χ3v) is 4.38. The molecule has 152 valence electrons. The minimum Gasteiger partial charge on any atom is -0.342 e. The van der Waals surface area contributed by atoms with Crippen molar-refractivity contribution in [2.45, 2.75) is 26.9 Å². The van der Waals surface area contributed by atoms with Crippen LogP contribution in [0.5, 0.6) is 0 Å². The van der Waals surface area contributed by atoms with Gasteiger partial charge < -0.3 is 9.80 Å². The quantitative estimate of drug-likeness (QED) is 0.754. The number of rotatable bonds is 6. The minimum absolute atomic E-state index is 0.193. The van der Waals surface area contributed by atoms with E-state index in [1.54, 1.807) is 26.0 Å². The SMILES string of the molecule is CCN(CC)C(=O)CN(C)C(=O)c1cnn(-c2ccc(C)cc2)c1C(F)(F)F. The molecule has 0 atom stereocenters. The van der Waals surface area contributed by atoms with Crippen molar-refractivity contribution in [3.05, 3.63) is 47.3 Å².